The maximum Gasteiger partial charge on any atom is 0.336 e. The van der Waals surface area contributed by atoms with Crippen molar-refractivity contribution in [2.45, 2.75) is 6.54 Å². The van der Waals surface area contributed by atoms with Crippen LogP contribution in [0.4, 0.5) is 0 Å². The van der Waals surface area contributed by atoms with E-state index < -0.39 is 5.97 Å². The van der Waals surface area contributed by atoms with Crippen LogP contribution >= 0.6 is 0 Å². The van der Waals surface area contributed by atoms with Crippen LogP contribution in [0.3, 0.4) is 0 Å². The van der Waals surface area contributed by atoms with Crippen LogP contribution in [0.15, 0.2) is 91.4 Å². The molecule has 0 saturated carbocycles. The first-order valence-electron chi connectivity index (χ1n) is 9.99. The number of hydrogen-bond acceptors (Lipinski definition) is 5. The lowest BCUT2D eigenvalue weighted by Gasteiger charge is -2.09. The Labute approximate surface area is 183 Å². The Balaban J connectivity index is 1.52. The monoisotopic (exact) mass is 422 g/mol. The number of fused-ring (bicyclic) bond motifs is 1. The Hall–Kier alpha value is -4.52. The quantitative estimate of drug-likeness (QED) is 0.413. The predicted molar refractivity (Wildman–Crippen MR) is 120 cm³/mol. The van der Waals surface area contributed by atoms with E-state index >= 15 is 0 Å². The molecule has 0 aliphatic carbocycles. The molecule has 5 rings (SSSR count). The molecule has 0 amide bonds. The smallest absolute Gasteiger partial charge is 0.336 e. The standard InChI is InChI=1S/C25H18N4O3/c30-25(31)21-14-23(18-6-8-20(9-7-18)32-19-4-2-1-3-5-19)28-24-22(21)15-27-29(24)16-17-10-12-26-13-11-17/h1-15H,16H2,(H,30,31). The fourth-order valence-electron chi connectivity index (χ4n) is 3.47. The molecule has 0 unspecified atom stereocenters. The van der Waals surface area contributed by atoms with Crippen molar-refractivity contribution >= 4 is 17.0 Å². The molecule has 0 bridgehead atoms. The second-order valence-corrected chi connectivity index (χ2v) is 7.19. The van der Waals surface area contributed by atoms with E-state index in [1.165, 1.54) is 0 Å². The molecule has 0 saturated heterocycles. The minimum Gasteiger partial charge on any atom is -0.478 e. The highest BCUT2D eigenvalue weighted by Crippen LogP contribution is 2.28. The van der Waals surface area contributed by atoms with Crippen molar-refractivity contribution in [3.8, 4) is 22.8 Å². The Bertz CT molecular complexity index is 1380. The fraction of sp³-hybridized carbons (Fsp3) is 0.0400. The van der Waals surface area contributed by atoms with Crippen LogP contribution < -0.4 is 4.74 Å². The zero-order valence-corrected chi connectivity index (χ0v) is 16.9. The Morgan fingerprint density at radius 2 is 1.66 bits per heavy atom. The van der Waals surface area contributed by atoms with Gasteiger partial charge in [-0.25, -0.2) is 14.5 Å². The van der Waals surface area contributed by atoms with Crippen molar-refractivity contribution < 1.29 is 14.6 Å². The molecular weight excluding hydrogens is 404 g/mol. The minimum absolute atomic E-state index is 0.163. The Morgan fingerprint density at radius 1 is 0.938 bits per heavy atom. The number of aromatic carboxylic acids is 1. The zero-order chi connectivity index (χ0) is 21.9. The summed E-state index contributed by atoms with van der Waals surface area (Å²) in [5, 5.41) is 14.6. The molecule has 7 heteroatoms. The summed E-state index contributed by atoms with van der Waals surface area (Å²) >= 11 is 0. The van der Waals surface area contributed by atoms with Gasteiger partial charge in [-0.1, -0.05) is 18.2 Å². The number of carboxylic acid groups (broad SMARTS) is 1. The minimum atomic E-state index is -1.02. The molecule has 3 aromatic heterocycles. The molecule has 0 aliphatic heterocycles. The molecule has 0 fully saturated rings. The highest BCUT2D eigenvalue weighted by atomic mass is 16.5. The van der Waals surface area contributed by atoms with E-state index in [0.29, 0.717) is 29.0 Å². The van der Waals surface area contributed by atoms with Gasteiger partial charge in [-0.3, -0.25) is 4.98 Å². The molecule has 0 aliphatic rings. The van der Waals surface area contributed by atoms with Crippen LogP contribution in [-0.4, -0.2) is 30.8 Å². The van der Waals surface area contributed by atoms with E-state index in [-0.39, 0.29) is 5.56 Å². The van der Waals surface area contributed by atoms with E-state index in [0.717, 1.165) is 16.9 Å². The van der Waals surface area contributed by atoms with Gasteiger partial charge >= 0.3 is 5.97 Å². The van der Waals surface area contributed by atoms with Crippen LogP contribution in [0.2, 0.25) is 0 Å². The van der Waals surface area contributed by atoms with Crippen LogP contribution in [0.1, 0.15) is 15.9 Å². The van der Waals surface area contributed by atoms with Crippen molar-refractivity contribution in [1.82, 2.24) is 19.7 Å². The largest absolute Gasteiger partial charge is 0.478 e. The Kier molecular flexibility index (Phi) is 5.05. The first-order chi connectivity index (χ1) is 15.7. The molecule has 5 aromatic rings. The summed E-state index contributed by atoms with van der Waals surface area (Å²) in [7, 11) is 0. The number of nitrogens with zero attached hydrogens (tertiary/aromatic N) is 4. The summed E-state index contributed by atoms with van der Waals surface area (Å²) in [6.45, 7) is 0.464. The maximum atomic E-state index is 11.9. The number of hydrogen-bond donors (Lipinski definition) is 1. The van der Waals surface area contributed by atoms with Crippen molar-refractivity contribution in [3.63, 3.8) is 0 Å². The van der Waals surface area contributed by atoms with E-state index in [1.807, 2.05) is 66.7 Å². The molecule has 156 valence electrons. The summed E-state index contributed by atoms with van der Waals surface area (Å²) in [6.07, 6.45) is 4.97. The molecule has 0 atom stereocenters. The Morgan fingerprint density at radius 3 is 2.38 bits per heavy atom. The number of benzene rings is 2. The van der Waals surface area contributed by atoms with Crippen LogP contribution in [0, 0.1) is 0 Å². The first kappa shape index (κ1) is 19.4. The normalized spacial score (nSPS) is 10.9. The third-order valence-electron chi connectivity index (χ3n) is 5.05. The van der Waals surface area contributed by atoms with Gasteiger partial charge in [0.25, 0.3) is 0 Å². The van der Waals surface area contributed by atoms with Gasteiger partial charge in [0.2, 0.25) is 0 Å². The van der Waals surface area contributed by atoms with Crippen molar-refractivity contribution in [3.05, 3.63) is 103 Å². The third kappa shape index (κ3) is 3.91. The third-order valence-corrected chi connectivity index (χ3v) is 5.05. The average molecular weight is 422 g/mol. The van der Waals surface area contributed by atoms with Gasteiger partial charge in [0.05, 0.1) is 29.4 Å². The second-order valence-electron chi connectivity index (χ2n) is 7.19. The summed E-state index contributed by atoms with van der Waals surface area (Å²) in [4.78, 5) is 20.7. The predicted octanol–water partition coefficient (Wildman–Crippen LogP) is 5.03. The number of carbonyl (C=O) groups is 1. The van der Waals surface area contributed by atoms with E-state index in [2.05, 4.69) is 10.1 Å². The van der Waals surface area contributed by atoms with Gasteiger partial charge in [0.15, 0.2) is 5.65 Å². The molecule has 2 aromatic carbocycles. The van der Waals surface area contributed by atoms with Gasteiger partial charge in [-0.05, 0) is 60.2 Å². The maximum absolute atomic E-state index is 11.9. The number of rotatable bonds is 6. The zero-order valence-electron chi connectivity index (χ0n) is 16.9. The van der Waals surface area contributed by atoms with Gasteiger partial charge in [0, 0.05) is 18.0 Å². The van der Waals surface area contributed by atoms with Gasteiger partial charge in [-0.15, -0.1) is 0 Å². The molecular formula is C25H18N4O3. The number of aromatic nitrogens is 4. The summed E-state index contributed by atoms with van der Waals surface area (Å²) < 4.78 is 7.54. The van der Waals surface area contributed by atoms with Gasteiger partial charge in [-0.2, -0.15) is 5.10 Å². The number of para-hydroxylation sites is 1. The SMILES string of the molecule is O=C(O)c1cc(-c2ccc(Oc3ccccc3)cc2)nc2c1cnn2Cc1ccncc1. The second kappa shape index (κ2) is 8.31. The highest BCUT2D eigenvalue weighted by molar-refractivity contribution is 6.02. The molecule has 7 nitrogen and oxygen atoms in total. The molecule has 0 spiro atoms. The van der Waals surface area contributed by atoms with Crippen molar-refractivity contribution in [1.29, 1.82) is 0 Å². The highest BCUT2D eigenvalue weighted by Gasteiger charge is 2.17. The lowest BCUT2D eigenvalue weighted by molar-refractivity contribution is 0.0699. The molecule has 32 heavy (non-hydrogen) atoms. The molecule has 1 N–H and O–H groups in total. The molecule has 3 heterocycles. The van der Waals surface area contributed by atoms with E-state index in [1.54, 1.807) is 29.3 Å². The number of pyridine rings is 2. The van der Waals surface area contributed by atoms with Crippen LogP contribution in [0.5, 0.6) is 11.5 Å². The summed E-state index contributed by atoms with van der Waals surface area (Å²) in [5.41, 5.74) is 3.01. The summed E-state index contributed by atoms with van der Waals surface area (Å²) in [6, 6.07) is 22.3. The lowest BCUT2D eigenvalue weighted by atomic mass is 10.1. The topological polar surface area (TPSA) is 90.1 Å². The van der Waals surface area contributed by atoms with Crippen LogP contribution in [0.25, 0.3) is 22.3 Å². The van der Waals surface area contributed by atoms with Crippen molar-refractivity contribution in [2.24, 2.45) is 0 Å². The molecule has 0 radical (unpaired) electrons. The van der Waals surface area contributed by atoms with Crippen LogP contribution in [-0.2, 0) is 6.54 Å². The number of ether oxygens (including phenoxy) is 1. The van der Waals surface area contributed by atoms with E-state index in [9.17, 15) is 9.90 Å². The van der Waals surface area contributed by atoms with Gasteiger partial charge < -0.3 is 9.84 Å². The number of carboxylic acids is 1. The lowest BCUT2D eigenvalue weighted by Crippen LogP contribution is -2.05. The first-order valence-corrected chi connectivity index (χ1v) is 9.99. The van der Waals surface area contributed by atoms with E-state index in [4.69, 9.17) is 9.72 Å². The summed E-state index contributed by atoms with van der Waals surface area (Å²) in [5.74, 6) is 0.404. The van der Waals surface area contributed by atoms with Crippen molar-refractivity contribution in [2.75, 3.05) is 0 Å². The van der Waals surface area contributed by atoms with Gasteiger partial charge in [0.1, 0.15) is 11.5 Å². The average Bonchev–Trinajstić information content (AvgIpc) is 3.23. The fourth-order valence-corrected chi connectivity index (χ4v) is 3.47.